The molecule has 24 heavy (non-hydrogen) atoms. The Morgan fingerprint density at radius 3 is 2.88 bits per heavy atom. The van der Waals surface area contributed by atoms with E-state index in [1.165, 1.54) is 12.5 Å². The smallest absolute Gasteiger partial charge is 0.257 e. The lowest BCUT2D eigenvalue weighted by molar-refractivity contribution is -0.121. The second kappa shape index (κ2) is 7.21. The first-order valence-electron chi connectivity index (χ1n) is 7.93. The van der Waals surface area contributed by atoms with Crippen LogP contribution in [0.1, 0.15) is 28.8 Å². The molecule has 2 amide bonds. The Labute approximate surface area is 149 Å². The predicted octanol–water partition coefficient (Wildman–Crippen LogP) is 3.84. The molecule has 1 unspecified atom stereocenters. The van der Waals surface area contributed by atoms with E-state index >= 15 is 0 Å². The minimum atomic E-state index is -0.196. The molecule has 1 aliphatic heterocycles. The number of carbonyl (C=O) groups is 2. The summed E-state index contributed by atoms with van der Waals surface area (Å²) in [5.74, 6) is -0.319. The van der Waals surface area contributed by atoms with Gasteiger partial charge >= 0.3 is 0 Å². The van der Waals surface area contributed by atoms with Crippen molar-refractivity contribution in [2.75, 3.05) is 18.4 Å². The van der Waals surface area contributed by atoms with Crippen LogP contribution in [0, 0.1) is 12.8 Å². The van der Waals surface area contributed by atoms with Gasteiger partial charge in [0.15, 0.2) is 0 Å². The molecule has 0 saturated carbocycles. The van der Waals surface area contributed by atoms with E-state index in [2.05, 4.69) is 21.2 Å². The van der Waals surface area contributed by atoms with Crippen molar-refractivity contribution in [3.63, 3.8) is 0 Å². The molecule has 2 aromatic rings. The predicted molar refractivity (Wildman–Crippen MR) is 94.8 cm³/mol. The highest BCUT2D eigenvalue weighted by Gasteiger charge is 2.29. The highest BCUT2D eigenvalue weighted by atomic mass is 79.9. The summed E-state index contributed by atoms with van der Waals surface area (Å²) in [6.45, 7) is 3.09. The van der Waals surface area contributed by atoms with Gasteiger partial charge in [0.1, 0.15) is 6.26 Å². The summed E-state index contributed by atoms with van der Waals surface area (Å²) in [4.78, 5) is 26.7. The van der Waals surface area contributed by atoms with Crippen LogP contribution in [0.25, 0.3) is 0 Å². The number of carbonyl (C=O) groups excluding carboxylic acids is 2. The summed E-state index contributed by atoms with van der Waals surface area (Å²) < 4.78 is 5.98. The molecule has 1 N–H and O–H groups in total. The largest absolute Gasteiger partial charge is 0.472 e. The van der Waals surface area contributed by atoms with Gasteiger partial charge in [0, 0.05) is 23.2 Å². The fraction of sp³-hybridized carbons (Fsp3) is 0.333. The quantitative estimate of drug-likeness (QED) is 0.865. The van der Waals surface area contributed by atoms with Gasteiger partial charge in [0.2, 0.25) is 5.91 Å². The lowest BCUT2D eigenvalue weighted by atomic mass is 9.96. The maximum atomic E-state index is 12.5. The molecular formula is C18H19BrN2O3. The Morgan fingerprint density at radius 1 is 1.33 bits per heavy atom. The van der Waals surface area contributed by atoms with E-state index in [-0.39, 0.29) is 17.7 Å². The minimum absolute atomic E-state index is 0.0404. The standard InChI is InChI=1S/C18H19BrN2O3/c1-12-9-15(4-5-16(12)19)20-17(22)13-3-2-7-21(10-13)18(23)14-6-8-24-11-14/h4-6,8-9,11,13H,2-3,7,10H2,1H3,(H,20,22). The molecule has 0 bridgehead atoms. The van der Waals surface area contributed by atoms with E-state index in [0.29, 0.717) is 18.7 Å². The van der Waals surface area contributed by atoms with E-state index < -0.39 is 0 Å². The van der Waals surface area contributed by atoms with Crippen LogP contribution in [0.4, 0.5) is 5.69 Å². The molecule has 3 rings (SSSR count). The van der Waals surface area contributed by atoms with Crippen LogP contribution in [-0.2, 0) is 4.79 Å². The highest BCUT2D eigenvalue weighted by Crippen LogP contribution is 2.23. The summed E-state index contributed by atoms with van der Waals surface area (Å²) in [5, 5.41) is 2.96. The second-order valence-corrected chi connectivity index (χ2v) is 6.91. The van der Waals surface area contributed by atoms with Crippen LogP contribution in [-0.4, -0.2) is 29.8 Å². The van der Waals surface area contributed by atoms with Gasteiger partial charge in [0.25, 0.3) is 5.91 Å². The average Bonchev–Trinajstić information content (AvgIpc) is 3.12. The lowest BCUT2D eigenvalue weighted by Crippen LogP contribution is -2.43. The zero-order valence-electron chi connectivity index (χ0n) is 13.4. The number of anilines is 1. The van der Waals surface area contributed by atoms with E-state index in [1.54, 1.807) is 11.0 Å². The summed E-state index contributed by atoms with van der Waals surface area (Å²) >= 11 is 3.45. The monoisotopic (exact) mass is 390 g/mol. The first-order chi connectivity index (χ1) is 11.5. The maximum Gasteiger partial charge on any atom is 0.257 e. The number of rotatable bonds is 3. The van der Waals surface area contributed by atoms with Crippen molar-refractivity contribution in [2.45, 2.75) is 19.8 Å². The zero-order chi connectivity index (χ0) is 17.1. The van der Waals surface area contributed by atoms with Gasteiger partial charge in [-0.2, -0.15) is 0 Å². The number of nitrogens with zero attached hydrogens (tertiary/aromatic N) is 1. The first-order valence-corrected chi connectivity index (χ1v) is 8.72. The maximum absolute atomic E-state index is 12.5. The van der Waals surface area contributed by atoms with Gasteiger partial charge in [0.05, 0.1) is 17.7 Å². The Kier molecular flexibility index (Phi) is 5.04. The Morgan fingerprint density at radius 2 is 2.17 bits per heavy atom. The van der Waals surface area contributed by atoms with Crippen molar-refractivity contribution >= 4 is 33.4 Å². The van der Waals surface area contributed by atoms with Gasteiger partial charge in [-0.15, -0.1) is 0 Å². The van der Waals surface area contributed by atoms with E-state index in [9.17, 15) is 9.59 Å². The highest BCUT2D eigenvalue weighted by molar-refractivity contribution is 9.10. The van der Waals surface area contributed by atoms with Gasteiger partial charge in [-0.1, -0.05) is 15.9 Å². The number of likely N-dealkylation sites (tertiary alicyclic amines) is 1. The molecule has 1 atom stereocenters. The summed E-state index contributed by atoms with van der Waals surface area (Å²) in [6, 6.07) is 7.36. The average molecular weight is 391 g/mol. The van der Waals surface area contributed by atoms with Crippen molar-refractivity contribution in [3.8, 4) is 0 Å². The van der Waals surface area contributed by atoms with Crippen LogP contribution >= 0.6 is 15.9 Å². The van der Waals surface area contributed by atoms with E-state index in [1.807, 2.05) is 25.1 Å². The number of nitrogens with one attached hydrogen (secondary N) is 1. The molecule has 6 heteroatoms. The molecular weight excluding hydrogens is 372 g/mol. The molecule has 1 saturated heterocycles. The van der Waals surface area contributed by atoms with Crippen molar-refractivity contribution in [2.24, 2.45) is 5.92 Å². The summed E-state index contributed by atoms with van der Waals surface area (Å²) in [6.07, 6.45) is 4.53. The SMILES string of the molecule is Cc1cc(NC(=O)C2CCCN(C(=O)c3ccoc3)C2)ccc1Br. The van der Waals surface area contributed by atoms with Crippen LogP contribution in [0.3, 0.4) is 0 Å². The van der Waals surface area contributed by atoms with Crippen LogP contribution < -0.4 is 5.32 Å². The third kappa shape index (κ3) is 3.70. The number of benzene rings is 1. The van der Waals surface area contributed by atoms with Crippen LogP contribution in [0.15, 0.2) is 45.7 Å². The van der Waals surface area contributed by atoms with Crippen molar-refractivity contribution in [1.82, 2.24) is 4.90 Å². The fourth-order valence-corrected chi connectivity index (χ4v) is 3.16. The molecule has 126 valence electrons. The van der Waals surface area contributed by atoms with Gasteiger partial charge in [-0.3, -0.25) is 9.59 Å². The number of halogens is 1. The number of furan rings is 1. The molecule has 1 aromatic carbocycles. The first kappa shape index (κ1) is 16.8. The number of hydrogen-bond acceptors (Lipinski definition) is 3. The minimum Gasteiger partial charge on any atom is -0.472 e. The Hall–Kier alpha value is -2.08. The third-order valence-corrected chi connectivity index (χ3v) is 5.16. The second-order valence-electron chi connectivity index (χ2n) is 6.06. The summed E-state index contributed by atoms with van der Waals surface area (Å²) in [7, 11) is 0. The van der Waals surface area contributed by atoms with E-state index in [0.717, 1.165) is 28.6 Å². The molecule has 0 aliphatic carbocycles. The molecule has 2 heterocycles. The summed E-state index contributed by atoms with van der Waals surface area (Å²) in [5.41, 5.74) is 2.37. The third-order valence-electron chi connectivity index (χ3n) is 4.27. The van der Waals surface area contributed by atoms with Gasteiger partial charge in [-0.25, -0.2) is 0 Å². The molecule has 5 nitrogen and oxygen atoms in total. The van der Waals surface area contributed by atoms with Gasteiger partial charge < -0.3 is 14.6 Å². The van der Waals surface area contributed by atoms with Gasteiger partial charge in [-0.05, 0) is 49.6 Å². The van der Waals surface area contributed by atoms with Crippen molar-refractivity contribution in [1.29, 1.82) is 0 Å². The van der Waals surface area contributed by atoms with Crippen molar-refractivity contribution < 1.29 is 14.0 Å². The number of piperidine rings is 1. The number of aryl methyl sites for hydroxylation is 1. The number of hydrogen-bond donors (Lipinski definition) is 1. The van der Waals surface area contributed by atoms with E-state index in [4.69, 9.17) is 4.42 Å². The molecule has 0 radical (unpaired) electrons. The zero-order valence-corrected chi connectivity index (χ0v) is 15.0. The number of amides is 2. The molecule has 0 spiro atoms. The molecule has 1 fully saturated rings. The normalized spacial score (nSPS) is 17.6. The fourth-order valence-electron chi connectivity index (χ4n) is 2.91. The van der Waals surface area contributed by atoms with Crippen molar-refractivity contribution in [3.05, 3.63) is 52.4 Å². The Bertz CT molecular complexity index is 743. The lowest BCUT2D eigenvalue weighted by Gasteiger charge is -2.31. The van der Waals surface area contributed by atoms with Crippen LogP contribution in [0.5, 0.6) is 0 Å². The van der Waals surface area contributed by atoms with Crippen LogP contribution in [0.2, 0.25) is 0 Å². The topological polar surface area (TPSA) is 62.6 Å². The Balaban J connectivity index is 1.64. The molecule has 1 aliphatic rings. The molecule has 1 aromatic heterocycles.